The second-order valence-corrected chi connectivity index (χ2v) is 3.98. The summed E-state index contributed by atoms with van der Waals surface area (Å²) >= 11 is 0. The van der Waals surface area contributed by atoms with E-state index in [0.29, 0.717) is 11.4 Å². The number of Topliss-reactive ketones (excluding diaryl/α,β-unsaturated/α-hetero) is 2. The molecule has 0 bridgehead atoms. The molecule has 0 spiro atoms. The van der Waals surface area contributed by atoms with Gasteiger partial charge in [0.15, 0.2) is 11.6 Å². The van der Waals surface area contributed by atoms with Gasteiger partial charge in [-0.1, -0.05) is 6.07 Å². The van der Waals surface area contributed by atoms with Crippen molar-refractivity contribution in [2.45, 2.75) is 13.8 Å². The topological polar surface area (TPSA) is 199 Å². The van der Waals surface area contributed by atoms with Crippen LogP contribution < -0.4 is 22.9 Å². The lowest BCUT2D eigenvalue weighted by atomic mass is 10.2. The molecule has 0 unspecified atom stereocenters. The van der Waals surface area contributed by atoms with E-state index in [1.165, 1.54) is 13.8 Å². The third-order valence-corrected chi connectivity index (χ3v) is 1.91. The van der Waals surface area contributed by atoms with Crippen molar-refractivity contribution in [3.8, 4) is 0 Å². The van der Waals surface area contributed by atoms with Crippen LogP contribution in [0.5, 0.6) is 0 Å². The number of ketones is 2. The maximum Gasteiger partial charge on any atom is 0.178 e. The van der Waals surface area contributed by atoms with Gasteiger partial charge < -0.3 is 22.9 Å². The van der Waals surface area contributed by atoms with Crippen molar-refractivity contribution >= 4 is 23.2 Å². The van der Waals surface area contributed by atoms with E-state index in [-0.39, 0.29) is 36.3 Å². The van der Waals surface area contributed by atoms with Crippen LogP contribution in [0.15, 0.2) is 18.2 Å². The Hall–Kier alpha value is -2.65. The zero-order valence-corrected chi connectivity index (χ0v) is 12.7. The van der Waals surface area contributed by atoms with Gasteiger partial charge in [-0.2, -0.15) is 0 Å². The summed E-state index contributed by atoms with van der Waals surface area (Å²) in [5.41, 5.74) is 19.8. The Morgan fingerprint density at radius 2 is 1.23 bits per heavy atom. The van der Waals surface area contributed by atoms with Gasteiger partial charge in [-0.25, -0.2) is 4.98 Å². The molecule has 0 radical (unpaired) electrons. The molecule has 1 aromatic rings. The number of nitrogens with zero attached hydrogens (tertiary/aromatic N) is 1. The van der Waals surface area contributed by atoms with Gasteiger partial charge in [0.2, 0.25) is 0 Å². The minimum absolute atomic E-state index is 0.0324. The summed E-state index contributed by atoms with van der Waals surface area (Å²) in [6.07, 6.45) is 0. The highest BCUT2D eigenvalue weighted by atomic mass is 16.1. The van der Waals surface area contributed by atoms with Crippen LogP contribution in [-0.2, 0) is 0 Å². The summed E-state index contributed by atoms with van der Waals surface area (Å²) in [5, 5.41) is 12.8. The highest BCUT2D eigenvalue weighted by Gasteiger charge is 2.04. The molecule has 0 saturated carbocycles. The molecule has 0 fully saturated rings. The van der Waals surface area contributed by atoms with Crippen LogP contribution in [0.4, 0.5) is 0 Å². The number of carbonyl (C=O) groups is 2. The van der Waals surface area contributed by atoms with Crippen molar-refractivity contribution in [1.82, 2.24) is 4.98 Å². The van der Waals surface area contributed by atoms with Crippen LogP contribution in [-0.4, -0.2) is 41.3 Å². The van der Waals surface area contributed by atoms with E-state index < -0.39 is 0 Å². The largest absolute Gasteiger partial charge is 0.387 e. The molecule has 9 nitrogen and oxygen atoms in total. The van der Waals surface area contributed by atoms with Gasteiger partial charge in [0.25, 0.3) is 0 Å². The third-order valence-electron chi connectivity index (χ3n) is 1.91. The molecular weight excluding hydrogens is 286 g/mol. The minimum atomic E-state index is -0.127. The second-order valence-electron chi connectivity index (χ2n) is 3.98. The molecule has 0 amide bonds. The van der Waals surface area contributed by atoms with Gasteiger partial charge in [0, 0.05) is 13.8 Å². The Labute approximate surface area is 129 Å². The highest BCUT2D eigenvalue weighted by Crippen LogP contribution is 2.00. The molecule has 0 saturated heterocycles. The Morgan fingerprint density at radius 3 is 1.41 bits per heavy atom. The molecule has 0 aliphatic carbocycles. The smallest absolute Gasteiger partial charge is 0.178 e. The molecule has 0 aromatic carbocycles. The zero-order chi connectivity index (χ0) is 17.7. The predicted octanol–water partition coefficient (Wildman–Crippen LogP) is -0.751. The Morgan fingerprint density at radius 1 is 0.955 bits per heavy atom. The molecule has 10 N–H and O–H groups in total. The number of hydrogen-bond donors (Lipinski definition) is 6. The first-order chi connectivity index (χ1) is 10.1. The van der Waals surface area contributed by atoms with E-state index in [4.69, 9.17) is 33.8 Å². The van der Waals surface area contributed by atoms with E-state index in [2.05, 4.69) is 4.98 Å². The molecule has 22 heavy (non-hydrogen) atoms. The number of pyridine rings is 1. The first kappa shape index (κ1) is 21.6. The molecule has 0 aliphatic heterocycles. The molecular formula is C13H23N7O2. The van der Waals surface area contributed by atoms with E-state index >= 15 is 0 Å². The fraction of sp³-hybridized carbons (Fsp3) is 0.308. The zero-order valence-electron chi connectivity index (χ0n) is 12.7. The second kappa shape index (κ2) is 12.1. The molecule has 9 heteroatoms. The monoisotopic (exact) mass is 309 g/mol. The molecule has 0 atom stereocenters. The quantitative estimate of drug-likeness (QED) is 0.238. The number of nitrogens with two attached hydrogens (primary N) is 4. The molecule has 1 rings (SSSR count). The van der Waals surface area contributed by atoms with Crippen molar-refractivity contribution < 1.29 is 9.59 Å². The lowest BCUT2D eigenvalue weighted by Crippen LogP contribution is -2.20. The number of rotatable bonds is 4. The lowest BCUT2D eigenvalue weighted by molar-refractivity contribution is 0.101. The van der Waals surface area contributed by atoms with Gasteiger partial charge in [0.1, 0.15) is 23.1 Å². The number of aromatic nitrogens is 1. The number of nitrogens with one attached hydrogen (secondary N) is 2. The van der Waals surface area contributed by atoms with Crippen LogP contribution in [0.1, 0.15) is 34.8 Å². The average Bonchev–Trinajstić information content (AvgIpc) is 2.48. The highest BCUT2D eigenvalue weighted by molar-refractivity contribution is 5.96. The summed E-state index contributed by atoms with van der Waals surface area (Å²) in [7, 11) is 0. The van der Waals surface area contributed by atoms with Gasteiger partial charge in [-0.15, -0.1) is 0 Å². The summed E-state index contributed by atoms with van der Waals surface area (Å²) in [4.78, 5) is 25.6. The summed E-state index contributed by atoms with van der Waals surface area (Å²) < 4.78 is 0. The fourth-order valence-electron chi connectivity index (χ4n) is 0.827. The summed E-state index contributed by atoms with van der Waals surface area (Å²) in [5.74, 6) is -0.189. The molecule has 1 heterocycles. The van der Waals surface area contributed by atoms with Crippen molar-refractivity contribution in [2.75, 3.05) is 13.1 Å². The predicted molar refractivity (Wildman–Crippen MR) is 86.2 cm³/mol. The third kappa shape index (κ3) is 12.4. The van der Waals surface area contributed by atoms with Crippen molar-refractivity contribution in [3.05, 3.63) is 29.6 Å². The Bertz CT molecular complexity index is 486. The van der Waals surface area contributed by atoms with Gasteiger partial charge in [0.05, 0.1) is 13.1 Å². The minimum Gasteiger partial charge on any atom is -0.387 e. The van der Waals surface area contributed by atoms with Crippen molar-refractivity contribution in [1.29, 1.82) is 10.8 Å². The molecule has 1 aromatic heterocycles. The van der Waals surface area contributed by atoms with Gasteiger partial charge in [-0.3, -0.25) is 20.4 Å². The summed E-state index contributed by atoms with van der Waals surface area (Å²) in [6.45, 7) is 3.18. The number of carbonyl (C=O) groups excluding carboxylic acids is 2. The molecule has 122 valence electrons. The van der Waals surface area contributed by atoms with Crippen LogP contribution in [0.2, 0.25) is 0 Å². The molecule has 0 aliphatic rings. The maximum absolute atomic E-state index is 10.8. The normalized spacial score (nSPS) is 8.55. The summed E-state index contributed by atoms with van der Waals surface area (Å²) in [6, 6.07) is 4.84. The SMILES string of the molecule is CC(=O)c1cccc(C(C)=O)n1.N=C(N)CN.N=C(N)CN. The van der Waals surface area contributed by atoms with E-state index in [0.717, 1.165) is 0 Å². The van der Waals surface area contributed by atoms with E-state index in [1.54, 1.807) is 18.2 Å². The van der Waals surface area contributed by atoms with Crippen LogP contribution in [0, 0.1) is 10.8 Å². The van der Waals surface area contributed by atoms with Crippen LogP contribution in [0.25, 0.3) is 0 Å². The number of amidine groups is 2. The van der Waals surface area contributed by atoms with E-state index in [1.807, 2.05) is 0 Å². The standard InChI is InChI=1S/C9H9NO2.2C2H7N3/c1-6(11)8-4-3-5-9(10-8)7(2)12;2*3-1-2(4)5/h3-5H,1-2H3;2*1,3H2,(H3,4,5). The van der Waals surface area contributed by atoms with Gasteiger partial charge >= 0.3 is 0 Å². The Balaban J connectivity index is 0. The van der Waals surface area contributed by atoms with Crippen molar-refractivity contribution in [2.24, 2.45) is 22.9 Å². The first-order valence-electron chi connectivity index (χ1n) is 6.20. The fourth-order valence-corrected chi connectivity index (χ4v) is 0.827. The number of hydrogen-bond acceptors (Lipinski definition) is 7. The van der Waals surface area contributed by atoms with Crippen molar-refractivity contribution in [3.63, 3.8) is 0 Å². The van der Waals surface area contributed by atoms with Gasteiger partial charge in [-0.05, 0) is 12.1 Å². The Kier molecular flexibility index (Phi) is 11.9. The van der Waals surface area contributed by atoms with Crippen LogP contribution in [0.3, 0.4) is 0 Å². The maximum atomic E-state index is 10.8. The average molecular weight is 309 g/mol. The lowest BCUT2D eigenvalue weighted by Gasteiger charge is -1.96. The van der Waals surface area contributed by atoms with E-state index in [9.17, 15) is 9.59 Å². The first-order valence-corrected chi connectivity index (χ1v) is 6.20. The van der Waals surface area contributed by atoms with Crippen LogP contribution >= 0.6 is 0 Å².